The lowest BCUT2D eigenvalue weighted by molar-refractivity contribution is 0.0620. The molecule has 3 aliphatic rings. The molecule has 3 aliphatic heterocycles. The van der Waals surface area contributed by atoms with Gasteiger partial charge in [0, 0.05) is 23.7 Å². The van der Waals surface area contributed by atoms with E-state index in [2.05, 4.69) is 16.1 Å². The molecule has 3 heterocycles. The number of hydrogen-bond acceptors (Lipinski definition) is 2. The lowest BCUT2D eigenvalue weighted by atomic mass is 9.84. The first-order valence-corrected chi connectivity index (χ1v) is 8.26. The van der Waals surface area contributed by atoms with E-state index < -0.39 is 0 Å². The number of hydrogen-bond donors (Lipinski definition) is 1. The van der Waals surface area contributed by atoms with Crippen molar-refractivity contribution in [1.82, 2.24) is 10.2 Å². The second-order valence-corrected chi connectivity index (χ2v) is 6.64. The predicted octanol–water partition coefficient (Wildman–Crippen LogP) is 2.65. The fourth-order valence-electron chi connectivity index (χ4n) is 3.86. The maximum atomic E-state index is 12.6. The SMILES string of the molecule is C#Cc1ccc2ccc(C(=O)N[C@H]3CN4CCC3CC4)cc2c1. The van der Waals surface area contributed by atoms with Gasteiger partial charge in [-0.3, -0.25) is 4.79 Å². The number of nitrogens with zero attached hydrogens (tertiary/aromatic N) is 1. The van der Waals surface area contributed by atoms with Crippen molar-refractivity contribution in [3.63, 3.8) is 0 Å². The molecule has 0 radical (unpaired) electrons. The second-order valence-electron chi connectivity index (χ2n) is 6.64. The summed E-state index contributed by atoms with van der Waals surface area (Å²) in [7, 11) is 0. The number of piperidine rings is 3. The number of benzene rings is 2. The molecule has 0 spiro atoms. The molecule has 2 aromatic carbocycles. The lowest BCUT2D eigenvalue weighted by Gasteiger charge is -2.44. The van der Waals surface area contributed by atoms with Gasteiger partial charge in [0.2, 0.25) is 0 Å². The zero-order valence-electron chi connectivity index (χ0n) is 13.1. The highest BCUT2D eigenvalue weighted by atomic mass is 16.1. The van der Waals surface area contributed by atoms with Crippen LogP contribution in [0.25, 0.3) is 10.8 Å². The Morgan fingerprint density at radius 3 is 2.61 bits per heavy atom. The van der Waals surface area contributed by atoms with Crippen LogP contribution >= 0.6 is 0 Å². The van der Waals surface area contributed by atoms with Gasteiger partial charge in [-0.2, -0.15) is 0 Å². The molecule has 1 amide bonds. The Hall–Kier alpha value is -2.31. The Morgan fingerprint density at radius 2 is 1.91 bits per heavy atom. The van der Waals surface area contributed by atoms with Crippen molar-refractivity contribution in [2.45, 2.75) is 18.9 Å². The van der Waals surface area contributed by atoms with E-state index in [1.54, 1.807) is 0 Å². The zero-order chi connectivity index (χ0) is 15.8. The molecule has 5 rings (SSSR count). The first kappa shape index (κ1) is 14.3. The van der Waals surface area contributed by atoms with Crippen LogP contribution in [0.5, 0.6) is 0 Å². The molecule has 0 aliphatic carbocycles. The van der Waals surface area contributed by atoms with Crippen molar-refractivity contribution >= 4 is 16.7 Å². The number of nitrogens with one attached hydrogen (secondary N) is 1. The molecule has 116 valence electrons. The molecule has 0 saturated carbocycles. The quantitative estimate of drug-likeness (QED) is 0.865. The molecule has 1 atom stereocenters. The van der Waals surface area contributed by atoms with E-state index in [0.717, 1.165) is 22.9 Å². The third-order valence-corrected chi connectivity index (χ3v) is 5.24. The standard InChI is InChI=1S/C20H20N2O/c1-2-14-3-4-15-5-6-17(12-18(15)11-14)20(23)21-19-13-22-9-7-16(19)8-10-22/h1,3-6,11-12,16,19H,7-10,13H2,(H,21,23)/t19-/m0/s1. The van der Waals surface area contributed by atoms with Gasteiger partial charge in [0.05, 0.1) is 0 Å². The Balaban J connectivity index is 1.56. The van der Waals surface area contributed by atoms with E-state index in [-0.39, 0.29) is 11.9 Å². The summed E-state index contributed by atoms with van der Waals surface area (Å²) in [6, 6.07) is 12.0. The normalized spacial score (nSPS) is 26.0. The number of amides is 1. The topological polar surface area (TPSA) is 32.3 Å². The Labute approximate surface area is 136 Å². The molecule has 2 bridgehead atoms. The van der Waals surface area contributed by atoms with Crippen molar-refractivity contribution in [2.75, 3.05) is 19.6 Å². The summed E-state index contributed by atoms with van der Waals surface area (Å²) in [6.45, 7) is 3.36. The summed E-state index contributed by atoms with van der Waals surface area (Å²) < 4.78 is 0. The minimum absolute atomic E-state index is 0.0248. The minimum atomic E-state index is 0.0248. The molecular weight excluding hydrogens is 284 g/mol. The average Bonchev–Trinajstić information content (AvgIpc) is 2.61. The third-order valence-electron chi connectivity index (χ3n) is 5.24. The van der Waals surface area contributed by atoms with E-state index in [4.69, 9.17) is 6.42 Å². The van der Waals surface area contributed by atoms with E-state index in [0.29, 0.717) is 11.5 Å². The van der Waals surface area contributed by atoms with Crippen LogP contribution in [0, 0.1) is 18.3 Å². The van der Waals surface area contributed by atoms with Crippen LogP contribution in [0.4, 0.5) is 0 Å². The Morgan fingerprint density at radius 1 is 1.13 bits per heavy atom. The van der Waals surface area contributed by atoms with Crippen LogP contribution in [-0.4, -0.2) is 36.5 Å². The summed E-state index contributed by atoms with van der Waals surface area (Å²) in [5.41, 5.74) is 1.55. The molecule has 0 unspecified atom stereocenters. The van der Waals surface area contributed by atoms with Gasteiger partial charge in [-0.15, -0.1) is 6.42 Å². The number of carbonyl (C=O) groups excluding carboxylic acids is 1. The number of carbonyl (C=O) groups is 1. The zero-order valence-corrected chi connectivity index (χ0v) is 13.1. The van der Waals surface area contributed by atoms with Crippen LogP contribution in [0.15, 0.2) is 36.4 Å². The molecule has 3 nitrogen and oxygen atoms in total. The third kappa shape index (κ3) is 2.71. The summed E-state index contributed by atoms with van der Waals surface area (Å²) in [5.74, 6) is 3.31. The first-order valence-electron chi connectivity index (χ1n) is 8.26. The van der Waals surface area contributed by atoms with Gasteiger partial charge in [-0.1, -0.05) is 18.1 Å². The second kappa shape index (κ2) is 5.72. The molecule has 2 aromatic rings. The fraction of sp³-hybridized carbons (Fsp3) is 0.350. The largest absolute Gasteiger partial charge is 0.348 e. The van der Waals surface area contributed by atoms with Crippen molar-refractivity contribution in [1.29, 1.82) is 0 Å². The number of fused-ring (bicyclic) bond motifs is 4. The summed E-state index contributed by atoms with van der Waals surface area (Å²) in [4.78, 5) is 15.1. The molecule has 0 aromatic heterocycles. The van der Waals surface area contributed by atoms with Gasteiger partial charge in [-0.05, 0) is 66.9 Å². The van der Waals surface area contributed by atoms with E-state index in [9.17, 15) is 4.79 Å². The van der Waals surface area contributed by atoms with E-state index in [1.807, 2.05) is 36.4 Å². The molecule has 23 heavy (non-hydrogen) atoms. The number of terminal acetylenes is 1. The van der Waals surface area contributed by atoms with Crippen molar-refractivity contribution in [2.24, 2.45) is 5.92 Å². The van der Waals surface area contributed by atoms with E-state index >= 15 is 0 Å². The summed E-state index contributed by atoms with van der Waals surface area (Å²) >= 11 is 0. The van der Waals surface area contributed by atoms with E-state index in [1.165, 1.54) is 25.9 Å². The fourth-order valence-corrected chi connectivity index (χ4v) is 3.86. The van der Waals surface area contributed by atoms with Gasteiger partial charge < -0.3 is 10.2 Å². The summed E-state index contributed by atoms with van der Waals surface area (Å²) in [5, 5.41) is 5.36. The van der Waals surface area contributed by atoms with Crippen LogP contribution < -0.4 is 5.32 Å². The van der Waals surface area contributed by atoms with Gasteiger partial charge in [-0.25, -0.2) is 0 Å². The highest BCUT2D eigenvalue weighted by molar-refractivity contribution is 5.99. The van der Waals surface area contributed by atoms with Gasteiger partial charge >= 0.3 is 0 Å². The van der Waals surface area contributed by atoms with Gasteiger partial charge in [0.15, 0.2) is 0 Å². The lowest BCUT2D eigenvalue weighted by Crippen LogP contribution is -2.57. The van der Waals surface area contributed by atoms with Gasteiger partial charge in [0.25, 0.3) is 5.91 Å². The predicted molar refractivity (Wildman–Crippen MR) is 92.3 cm³/mol. The summed E-state index contributed by atoms with van der Waals surface area (Å²) in [6.07, 6.45) is 7.87. The highest BCUT2D eigenvalue weighted by Crippen LogP contribution is 2.27. The monoisotopic (exact) mass is 304 g/mol. The van der Waals surface area contributed by atoms with Crippen molar-refractivity contribution in [3.05, 3.63) is 47.5 Å². The van der Waals surface area contributed by atoms with Crippen molar-refractivity contribution < 1.29 is 4.79 Å². The maximum absolute atomic E-state index is 12.6. The first-order chi connectivity index (χ1) is 11.2. The smallest absolute Gasteiger partial charge is 0.251 e. The molecule has 3 heteroatoms. The minimum Gasteiger partial charge on any atom is -0.348 e. The Bertz CT molecular complexity index is 797. The van der Waals surface area contributed by atoms with Gasteiger partial charge in [0.1, 0.15) is 0 Å². The average molecular weight is 304 g/mol. The van der Waals surface area contributed by atoms with Crippen LogP contribution in [0.2, 0.25) is 0 Å². The Kier molecular flexibility index (Phi) is 3.55. The highest BCUT2D eigenvalue weighted by Gasteiger charge is 2.34. The number of rotatable bonds is 2. The molecule has 3 fully saturated rings. The van der Waals surface area contributed by atoms with Crippen LogP contribution in [-0.2, 0) is 0 Å². The molecular formula is C20H20N2O. The maximum Gasteiger partial charge on any atom is 0.251 e. The van der Waals surface area contributed by atoms with Crippen LogP contribution in [0.3, 0.4) is 0 Å². The molecule has 1 N–H and O–H groups in total. The van der Waals surface area contributed by atoms with Crippen LogP contribution in [0.1, 0.15) is 28.8 Å². The molecule has 3 saturated heterocycles. The van der Waals surface area contributed by atoms with Crippen molar-refractivity contribution in [3.8, 4) is 12.3 Å².